The predicted octanol–water partition coefficient (Wildman–Crippen LogP) is 3.20. The van der Waals surface area contributed by atoms with Crippen LogP contribution in [0.15, 0.2) is 33.7 Å². The Morgan fingerprint density at radius 2 is 2.15 bits per heavy atom. The SMILES string of the molecule is CCC(CN)Cc1nc(CSc2ccccc2C)no1. The molecule has 1 heterocycles. The quantitative estimate of drug-likeness (QED) is 0.794. The van der Waals surface area contributed by atoms with Crippen molar-refractivity contribution in [2.45, 2.75) is 37.3 Å². The number of thioether (sulfide) groups is 1. The molecule has 0 saturated heterocycles. The molecule has 2 aromatic rings. The van der Waals surface area contributed by atoms with Gasteiger partial charge in [-0.05, 0) is 31.0 Å². The Morgan fingerprint density at radius 3 is 2.85 bits per heavy atom. The Kier molecular flexibility index (Phi) is 5.61. The predicted molar refractivity (Wildman–Crippen MR) is 81.6 cm³/mol. The van der Waals surface area contributed by atoms with Gasteiger partial charge in [0.15, 0.2) is 5.82 Å². The lowest BCUT2D eigenvalue weighted by Gasteiger charge is -2.07. The minimum Gasteiger partial charge on any atom is -0.339 e. The van der Waals surface area contributed by atoms with E-state index in [4.69, 9.17) is 10.3 Å². The van der Waals surface area contributed by atoms with Gasteiger partial charge in [0.25, 0.3) is 0 Å². The van der Waals surface area contributed by atoms with Crippen LogP contribution in [0.25, 0.3) is 0 Å². The van der Waals surface area contributed by atoms with E-state index < -0.39 is 0 Å². The highest BCUT2D eigenvalue weighted by Gasteiger charge is 2.12. The maximum absolute atomic E-state index is 5.70. The first-order valence-electron chi connectivity index (χ1n) is 6.92. The molecule has 108 valence electrons. The zero-order valence-electron chi connectivity index (χ0n) is 12.0. The summed E-state index contributed by atoms with van der Waals surface area (Å²) < 4.78 is 5.29. The molecule has 0 bridgehead atoms. The van der Waals surface area contributed by atoms with Crippen molar-refractivity contribution in [2.75, 3.05) is 6.54 Å². The zero-order valence-corrected chi connectivity index (χ0v) is 12.8. The van der Waals surface area contributed by atoms with Crippen LogP contribution in [0.4, 0.5) is 0 Å². The lowest BCUT2D eigenvalue weighted by atomic mass is 10.0. The third-order valence-electron chi connectivity index (χ3n) is 3.33. The first kappa shape index (κ1) is 15.1. The van der Waals surface area contributed by atoms with E-state index in [2.05, 4.69) is 36.1 Å². The third kappa shape index (κ3) is 4.08. The maximum atomic E-state index is 5.70. The molecule has 1 aromatic heterocycles. The number of aryl methyl sites for hydroxylation is 1. The summed E-state index contributed by atoms with van der Waals surface area (Å²) in [6.07, 6.45) is 1.81. The smallest absolute Gasteiger partial charge is 0.226 e. The molecular formula is C15H21N3OS. The lowest BCUT2D eigenvalue weighted by Crippen LogP contribution is -2.16. The summed E-state index contributed by atoms with van der Waals surface area (Å²) in [6.45, 7) is 4.89. The summed E-state index contributed by atoms with van der Waals surface area (Å²) in [5, 5.41) is 4.03. The molecule has 0 aliphatic heterocycles. The highest BCUT2D eigenvalue weighted by Crippen LogP contribution is 2.24. The molecule has 1 atom stereocenters. The molecular weight excluding hydrogens is 270 g/mol. The van der Waals surface area contributed by atoms with E-state index in [0.29, 0.717) is 18.4 Å². The van der Waals surface area contributed by atoms with Crippen molar-refractivity contribution in [3.05, 3.63) is 41.5 Å². The van der Waals surface area contributed by atoms with E-state index in [1.807, 2.05) is 12.1 Å². The average molecular weight is 291 g/mol. The molecule has 0 fully saturated rings. The Bertz CT molecular complexity index is 537. The number of nitrogens with zero attached hydrogens (tertiary/aromatic N) is 2. The second-order valence-electron chi connectivity index (χ2n) is 4.87. The average Bonchev–Trinajstić information content (AvgIpc) is 2.91. The molecule has 0 radical (unpaired) electrons. The van der Waals surface area contributed by atoms with Gasteiger partial charge in [-0.15, -0.1) is 11.8 Å². The minimum atomic E-state index is 0.423. The van der Waals surface area contributed by atoms with Crippen molar-refractivity contribution in [3.8, 4) is 0 Å². The molecule has 4 nitrogen and oxygen atoms in total. The Hall–Kier alpha value is -1.33. The number of rotatable bonds is 7. The molecule has 0 amide bonds. The fourth-order valence-corrected chi connectivity index (χ4v) is 2.81. The Labute approximate surface area is 124 Å². The highest BCUT2D eigenvalue weighted by molar-refractivity contribution is 7.98. The van der Waals surface area contributed by atoms with E-state index in [0.717, 1.165) is 24.4 Å². The summed E-state index contributed by atoms with van der Waals surface area (Å²) in [6, 6.07) is 8.31. The molecule has 1 aromatic carbocycles. The summed E-state index contributed by atoms with van der Waals surface area (Å²) in [5.41, 5.74) is 6.97. The van der Waals surface area contributed by atoms with E-state index in [9.17, 15) is 0 Å². The molecule has 20 heavy (non-hydrogen) atoms. The molecule has 0 saturated carbocycles. The van der Waals surface area contributed by atoms with Crippen LogP contribution in [0.2, 0.25) is 0 Å². The van der Waals surface area contributed by atoms with Crippen LogP contribution in [0.3, 0.4) is 0 Å². The van der Waals surface area contributed by atoms with Crippen LogP contribution in [0, 0.1) is 12.8 Å². The van der Waals surface area contributed by atoms with E-state index in [1.165, 1.54) is 10.5 Å². The number of hydrogen-bond donors (Lipinski definition) is 1. The van der Waals surface area contributed by atoms with Crippen molar-refractivity contribution < 1.29 is 4.52 Å². The normalized spacial score (nSPS) is 12.6. The largest absolute Gasteiger partial charge is 0.339 e. The Morgan fingerprint density at radius 1 is 1.35 bits per heavy atom. The molecule has 0 aliphatic carbocycles. The molecule has 0 spiro atoms. The van der Waals surface area contributed by atoms with Gasteiger partial charge >= 0.3 is 0 Å². The topological polar surface area (TPSA) is 64.9 Å². The number of nitrogens with two attached hydrogens (primary N) is 1. The minimum absolute atomic E-state index is 0.423. The van der Waals surface area contributed by atoms with Crippen molar-refractivity contribution in [1.82, 2.24) is 10.1 Å². The maximum Gasteiger partial charge on any atom is 0.226 e. The molecule has 2 N–H and O–H groups in total. The van der Waals surface area contributed by atoms with Crippen LogP contribution in [0.1, 0.15) is 30.6 Å². The Balaban J connectivity index is 1.91. The van der Waals surface area contributed by atoms with Crippen molar-refractivity contribution in [2.24, 2.45) is 11.7 Å². The van der Waals surface area contributed by atoms with E-state index in [-0.39, 0.29) is 0 Å². The molecule has 2 rings (SSSR count). The fourth-order valence-electron chi connectivity index (χ4n) is 1.93. The fraction of sp³-hybridized carbons (Fsp3) is 0.467. The van der Waals surface area contributed by atoms with Crippen LogP contribution >= 0.6 is 11.8 Å². The van der Waals surface area contributed by atoms with Gasteiger partial charge in [0, 0.05) is 11.3 Å². The van der Waals surface area contributed by atoms with Crippen LogP contribution in [-0.2, 0) is 12.2 Å². The van der Waals surface area contributed by atoms with Gasteiger partial charge in [0.2, 0.25) is 5.89 Å². The van der Waals surface area contributed by atoms with Crippen LogP contribution < -0.4 is 5.73 Å². The highest BCUT2D eigenvalue weighted by atomic mass is 32.2. The monoisotopic (exact) mass is 291 g/mol. The zero-order chi connectivity index (χ0) is 14.4. The van der Waals surface area contributed by atoms with Gasteiger partial charge < -0.3 is 10.3 Å². The van der Waals surface area contributed by atoms with Gasteiger partial charge in [0.1, 0.15) is 0 Å². The summed E-state index contributed by atoms with van der Waals surface area (Å²) in [4.78, 5) is 5.69. The number of hydrogen-bond acceptors (Lipinski definition) is 5. The number of aromatic nitrogens is 2. The van der Waals surface area contributed by atoms with Crippen molar-refractivity contribution in [3.63, 3.8) is 0 Å². The van der Waals surface area contributed by atoms with Crippen molar-refractivity contribution >= 4 is 11.8 Å². The molecule has 1 unspecified atom stereocenters. The van der Waals surface area contributed by atoms with Gasteiger partial charge in [-0.3, -0.25) is 0 Å². The molecule has 0 aliphatic rings. The first-order valence-corrected chi connectivity index (χ1v) is 7.91. The lowest BCUT2D eigenvalue weighted by molar-refractivity contribution is 0.348. The molecule has 5 heteroatoms. The first-order chi connectivity index (χ1) is 9.72. The summed E-state index contributed by atoms with van der Waals surface area (Å²) in [7, 11) is 0. The second-order valence-corrected chi connectivity index (χ2v) is 5.89. The van der Waals surface area contributed by atoms with Gasteiger partial charge in [-0.25, -0.2) is 0 Å². The summed E-state index contributed by atoms with van der Waals surface area (Å²) in [5.74, 6) is 2.60. The van der Waals surface area contributed by atoms with Gasteiger partial charge in [-0.1, -0.05) is 36.7 Å². The van der Waals surface area contributed by atoms with Gasteiger partial charge in [-0.2, -0.15) is 4.98 Å². The second kappa shape index (κ2) is 7.45. The number of benzene rings is 1. The third-order valence-corrected chi connectivity index (χ3v) is 4.51. The summed E-state index contributed by atoms with van der Waals surface area (Å²) >= 11 is 1.73. The van der Waals surface area contributed by atoms with E-state index in [1.54, 1.807) is 11.8 Å². The van der Waals surface area contributed by atoms with Gasteiger partial charge in [0.05, 0.1) is 5.75 Å². The van der Waals surface area contributed by atoms with Crippen LogP contribution in [0.5, 0.6) is 0 Å². The van der Waals surface area contributed by atoms with Crippen LogP contribution in [-0.4, -0.2) is 16.7 Å². The standard InChI is InChI=1S/C15H21N3OS/c1-3-12(9-16)8-15-17-14(18-19-15)10-20-13-7-5-4-6-11(13)2/h4-7,12H,3,8-10,16H2,1-2H3. The van der Waals surface area contributed by atoms with E-state index >= 15 is 0 Å². The van der Waals surface area contributed by atoms with Crippen molar-refractivity contribution in [1.29, 1.82) is 0 Å².